The highest BCUT2D eigenvalue weighted by Gasteiger charge is 2.63. The van der Waals surface area contributed by atoms with Gasteiger partial charge in [-0.15, -0.1) is 0 Å². The minimum Gasteiger partial charge on any atom is -0.504 e. The molecule has 0 unspecified atom stereocenters. The molecule has 4 aliphatic rings. The summed E-state index contributed by atoms with van der Waals surface area (Å²) in [6.45, 7) is 9.82. The molecule has 1 aromatic rings. The van der Waals surface area contributed by atoms with Crippen LogP contribution in [-0.4, -0.2) is 38.4 Å². The van der Waals surface area contributed by atoms with Gasteiger partial charge >= 0.3 is 0 Å². The zero-order chi connectivity index (χ0) is 14.8. The van der Waals surface area contributed by atoms with Crippen molar-refractivity contribution in [2.45, 2.75) is 26.4 Å². The maximum absolute atomic E-state index is 10.6. The first kappa shape index (κ1) is 13.4. The summed E-state index contributed by atoms with van der Waals surface area (Å²) < 4.78 is 5.30. The molecule has 0 spiro atoms. The average molecular weight is 290 g/mol. The second-order valence-corrected chi connectivity index (χ2v) is 8.15. The number of para-hydroxylation sites is 1. The molecule has 5 rings (SSSR count). The molecular weight excluding hydrogens is 264 g/mol. The van der Waals surface area contributed by atoms with Crippen molar-refractivity contribution in [1.82, 2.24) is 0 Å². The van der Waals surface area contributed by atoms with Crippen LogP contribution in [0.4, 0.5) is 0 Å². The second kappa shape index (κ2) is 4.14. The lowest BCUT2D eigenvalue weighted by Gasteiger charge is -2.60. The van der Waals surface area contributed by atoms with Crippen LogP contribution in [0.2, 0.25) is 0 Å². The first-order valence-electron chi connectivity index (χ1n) is 7.98. The molecule has 4 fully saturated rings. The van der Waals surface area contributed by atoms with E-state index in [9.17, 15) is 5.11 Å². The summed E-state index contributed by atoms with van der Waals surface area (Å²) in [7, 11) is 1.62. The second-order valence-electron chi connectivity index (χ2n) is 8.15. The largest absolute Gasteiger partial charge is 0.504 e. The number of rotatable bonds is 2. The smallest absolute Gasteiger partial charge is 0.244 e. The molecule has 0 atom stereocenters. The Morgan fingerprint density at radius 1 is 1.10 bits per heavy atom. The number of nitrogens with one attached hydrogen (secondary N) is 2. The third kappa shape index (κ3) is 1.89. The number of piperidine rings is 2. The van der Waals surface area contributed by atoms with Gasteiger partial charge in [-0.05, 0) is 32.4 Å². The van der Waals surface area contributed by atoms with Gasteiger partial charge in [-0.2, -0.15) is 0 Å². The van der Waals surface area contributed by atoms with Gasteiger partial charge in [0.1, 0.15) is 5.56 Å². The van der Waals surface area contributed by atoms with Gasteiger partial charge in [-0.1, -0.05) is 6.07 Å². The number of methoxy groups -OCH3 is 1. The molecule has 0 aromatic heterocycles. The van der Waals surface area contributed by atoms with E-state index >= 15 is 0 Å². The highest BCUT2D eigenvalue weighted by molar-refractivity contribution is 5.45. The molecule has 4 bridgehead atoms. The lowest BCUT2D eigenvalue weighted by molar-refractivity contribution is -1.18. The Morgan fingerprint density at radius 3 is 2.19 bits per heavy atom. The van der Waals surface area contributed by atoms with E-state index in [-0.39, 0.29) is 0 Å². The molecule has 4 heterocycles. The topological polar surface area (TPSA) is 38.3 Å². The quantitative estimate of drug-likeness (QED) is 0.694. The number of quaternary nitrogens is 2. The fourth-order valence-corrected chi connectivity index (χ4v) is 5.80. The number of aromatic hydroxyl groups is 1. The van der Waals surface area contributed by atoms with Crippen molar-refractivity contribution in [2.75, 3.05) is 33.3 Å². The predicted molar refractivity (Wildman–Crippen MR) is 79.6 cm³/mol. The van der Waals surface area contributed by atoms with Crippen molar-refractivity contribution in [3.8, 4) is 11.5 Å². The fourth-order valence-electron chi connectivity index (χ4n) is 5.80. The number of ether oxygens (including phenoxy) is 1. The highest BCUT2D eigenvalue weighted by atomic mass is 16.5. The summed E-state index contributed by atoms with van der Waals surface area (Å²) in [5.74, 6) is 0.938. The number of phenolic OH excluding ortho intramolecular Hbond substituents is 1. The van der Waals surface area contributed by atoms with E-state index in [1.54, 1.807) is 16.9 Å². The Hall–Kier alpha value is -1.26. The van der Waals surface area contributed by atoms with E-state index in [4.69, 9.17) is 4.74 Å². The molecule has 4 aliphatic heterocycles. The van der Waals surface area contributed by atoms with Gasteiger partial charge in [-0.3, -0.25) is 9.80 Å². The summed E-state index contributed by atoms with van der Waals surface area (Å²) in [5.41, 5.74) is 2.01. The van der Waals surface area contributed by atoms with E-state index in [1.807, 2.05) is 12.1 Å². The van der Waals surface area contributed by atoms with Gasteiger partial charge in [0.15, 0.2) is 11.5 Å². The van der Waals surface area contributed by atoms with Crippen molar-refractivity contribution in [3.05, 3.63) is 23.8 Å². The zero-order valence-electron chi connectivity index (χ0n) is 13.2. The summed E-state index contributed by atoms with van der Waals surface area (Å²) in [5, 5.41) is 10.6. The number of hydrogen-bond acceptors (Lipinski definition) is 2. The number of benzene rings is 1. The first-order chi connectivity index (χ1) is 9.93. The lowest BCUT2D eigenvalue weighted by Crippen LogP contribution is -3.40. The summed E-state index contributed by atoms with van der Waals surface area (Å²) in [6, 6.07) is 5.92. The minimum absolute atomic E-state index is 0.341. The monoisotopic (exact) mass is 290 g/mol. The van der Waals surface area contributed by atoms with E-state index < -0.39 is 0 Å². The zero-order valence-corrected chi connectivity index (χ0v) is 13.2. The lowest BCUT2D eigenvalue weighted by atomic mass is 9.63. The van der Waals surface area contributed by atoms with E-state index in [0.717, 1.165) is 5.56 Å². The molecule has 0 amide bonds. The van der Waals surface area contributed by atoms with Crippen molar-refractivity contribution < 1.29 is 19.6 Å². The number of phenols is 1. The minimum atomic E-state index is 0.341. The molecule has 0 aliphatic carbocycles. The van der Waals surface area contributed by atoms with Crippen LogP contribution in [0.25, 0.3) is 0 Å². The van der Waals surface area contributed by atoms with Gasteiger partial charge in [0.25, 0.3) is 0 Å². The molecule has 114 valence electrons. The van der Waals surface area contributed by atoms with Crippen LogP contribution < -0.4 is 14.5 Å². The van der Waals surface area contributed by atoms with Gasteiger partial charge in [0, 0.05) is 0 Å². The molecular formula is C17H26N2O2+2. The summed E-state index contributed by atoms with van der Waals surface area (Å²) in [6.07, 6.45) is 1.73. The molecule has 4 nitrogen and oxygen atoms in total. The maximum Gasteiger partial charge on any atom is 0.244 e. The highest BCUT2D eigenvalue weighted by Crippen LogP contribution is 2.41. The van der Waals surface area contributed by atoms with Crippen LogP contribution in [0.15, 0.2) is 18.2 Å². The molecule has 3 N–H and O–H groups in total. The average Bonchev–Trinajstić information content (AvgIpc) is 2.37. The predicted octanol–water partition coefficient (Wildman–Crippen LogP) is -0.387. The van der Waals surface area contributed by atoms with Crippen LogP contribution in [-0.2, 0) is 0 Å². The first-order valence-corrected chi connectivity index (χ1v) is 7.98. The van der Waals surface area contributed by atoms with Gasteiger partial charge in [-0.25, -0.2) is 0 Å². The van der Waals surface area contributed by atoms with Crippen molar-refractivity contribution in [3.63, 3.8) is 0 Å². The molecule has 0 radical (unpaired) electrons. The molecule has 21 heavy (non-hydrogen) atoms. The molecule has 0 saturated carbocycles. The van der Waals surface area contributed by atoms with Crippen molar-refractivity contribution in [1.29, 1.82) is 0 Å². The van der Waals surface area contributed by atoms with Gasteiger partial charge in [0.2, 0.25) is 6.17 Å². The van der Waals surface area contributed by atoms with Crippen molar-refractivity contribution >= 4 is 0 Å². The van der Waals surface area contributed by atoms with Crippen LogP contribution in [0, 0.1) is 10.8 Å². The third-order valence-corrected chi connectivity index (χ3v) is 5.85. The summed E-state index contributed by atoms with van der Waals surface area (Å²) in [4.78, 5) is 3.28. The van der Waals surface area contributed by atoms with Crippen LogP contribution in [0.5, 0.6) is 11.5 Å². The molecule has 4 saturated heterocycles. The van der Waals surface area contributed by atoms with Crippen molar-refractivity contribution in [2.24, 2.45) is 10.8 Å². The Balaban J connectivity index is 1.75. The molecule has 1 aromatic carbocycles. The van der Waals surface area contributed by atoms with Gasteiger partial charge < -0.3 is 9.84 Å². The van der Waals surface area contributed by atoms with E-state index in [1.165, 1.54) is 32.6 Å². The van der Waals surface area contributed by atoms with Gasteiger partial charge in [0.05, 0.1) is 44.1 Å². The normalized spacial score (nSPS) is 44.0. The van der Waals surface area contributed by atoms with Crippen LogP contribution in [0.1, 0.15) is 32.0 Å². The Morgan fingerprint density at radius 2 is 1.67 bits per heavy atom. The maximum atomic E-state index is 10.6. The standard InChI is InChI=1S/C17H24N2O2/c1-16-7-17(2)10-18(8-16)15(19(9-16)11-17)12-5-4-6-13(21-3)14(12)20/h4-6,15,20H,7-11H2,1-3H3/p+2. The fraction of sp³-hybridized carbons (Fsp3) is 0.647. The Kier molecular flexibility index (Phi) is 2.64. The number of hydrogen-bond donors (Lipinski definition) is 3. The Bertz CT molecular complexity index is 550. The van der Waals surface area contributed by atoms with E-state index in [2.05, 4.69) is 19.9 Å². The summed E-state index contributed by atoms with van der Waals surface area (Å²) >= 11 is 0. The van der Waals surface area contributed by atoms with E-state index in [0.29, 0.717) is 28.5 Å². The van der Waals surface area contributed by atoms with Crippen LogP contribution >= 0.6 is 0 Å². The SMILES string of the molecule is COc1cccc(C2[NH+]3CC4(C)C[NH+]2CC(C)(C3)C4)c1O. The third-order valence-electron chi connectivity index (χ3n) is 5.85. The Labute approximate surface area is 126 Å². The van der Waals surface area contributed by atoms with Crippen LogP contribution in [0.3, 0.4) is 0 Å². The molecule has 4 heteroatoms.